The first-order valence-corrected chi connectivity index (χ1v) is 24.5. The number of ether oxygens (including phenoxy) is 2. The molecule has 5 unspecified atom stereocenters. The van der Waals surface area contributed by atoms with Crippen LogP contribution in [0.15, 0.2) is 47.6 Å². The van der Waals surface area contributed by atoms with Crippen LogP contribution in [0, 0.1) is 57.2 Å². The van der Waals surface area contributed by atoms with Gasteiger partial charge in [0.15, 0.2) is 30.4 Å². The molecule has 0 bridgehead atoms. The molecule has 0 aliphatic heterocycles. The number of nitrogens with one attached hydrogen (secondary N) is 1. The Balaban J connectivity index is 0.767. The third kappa shape index (κ3) is 7.65. The zero-order valence-electron chi connectivity index (χ0n) is 40.4. The number of esters is 2. The average Bonchev–Trinajstić information content (AvgIpc) is 3.68. The van der Waals surface area contributed by atoms with Gasteiger partial charge in [-0.1, -0.05) is 51.0 Å². The van der Waals surface area contributed by atoms with Gasteiger partial charge in [0.05, 0.1) is 25.2 Å². The van der Waals surface area contributed by atoms with Gasteiger partial charge in [0.2, 0.25) is 23.4 Å². The van der Waals surface area contributed by atoms with E-state index in [0.717, 1.165) is 10.5 Å². The molecule has 15 atom stereocenters. The molecule has 0 aromatic heterocycles. The minimum Gasteiger partial charge on any atom is -0.458 e. The van der Waals surface area contributed by atoms with Gasteiger partial charge < -0.3 is 40.1 Å². The molecule has 16 nitrogen and oxygen atoms in total. The highest BCUT2D eigenvalue weighted by atomic mass is 19.1. The van der Waals surface area contributed by atoms with Crippen molar-refractivity contribution in [2.75, 3.05) is 33.4 Å². The quantitative estimate of drug-likeness (QED) is 0.167. The normalized spacial score (nSPS) is 42.5. The molecule has 6 fully saturated rings. The second kappa shape index (κ2) is 17.5. The van der Waals surface area contributed by atoms with E-state index >= 15 is 4.39 Å². The van der Waals surface area contributed by atoms with Gasteiger partial charge in [0.1, 0.15) is 17.7 Å². The zero-order chi connectivity index (χ0) is 50.4. The molecule has 8 aliphatic rings. The summed E-state index contributed by atoms with van der Waals surface area (Å²) in [5, 5.41) is 49.7. The summed E-state index contributed by atoms with van der Waals surface area (Å²) in [5.74, 6) is -7.31. The van der Waals surface area contributed by atoms with Crippen molar-refractivity contribution in [2.24, 2.45) is 57.2 Å². The number of allylic oxidation sites excluding steroid dienone is 8. The van der Waals surface area contributed by atoms with Crippen LogP contribution in [-0.4, -0.2) is 135 Å². The number of aliphatic hydroxyl groups is 4. The number of ketones is 4. The number of Topliss-reactive ketones (excluding diaryl/α,β-unsaturated/α-hetero) is 2. The SMILES string of the molecule is C[C@@H]1CC2C3CCC4=CC(=O)C=C[C@]4(C)[C@@]3(F)[C@@H](O)C[C@]2(C)[C@@]1(O)C(=O)COC(=O)CCC(=O)NCC(=O)N(C)CC(=O)OCC(=O)[C@@]1(O)CCC2C3CCC4=CC(=O)C=C[C@]4(C)C3[C@@H](O)C[C@@]21C. The first-order valence-electron chi connectivity index (χ1n) is 24.5. The Hall–Kier alpha value is -4.71. The second-order valence-electron chi connectivity index (χ2n) is 22.5. The highest BCUT2D eigenvalue weighted by molar-refractivity contribution is 6.02. The van der Waals surface area contributed by atoms with Crippen molar-refractivity contribution in [2.45, 2.75) is 134 Å². The molecule has 17 heteroatoms. The van der Waals surface area contributed by atoms with E-state index in [-0.39, 0.29) is 55.0 Å². The zero-order valence-corrected chi connectivity index (χ0v) is 40.4. The number of rotatable bonds is 13. The van der Waals surface area contributed by atoms with Gasteiger partial charge in [-0.05, 0) is 113 Å². The predicted molar refractivity (Wildman–Crippen MR) is 243 cm³/mol. The number of carbonyl (C=O) groups excluding carboxylic acids is 8. The van der Waals surface area contributed by atoms with Crippen LogP contribution in [0.5, 0.6) is 0 Å². The van der Waals surface area contributed by atoms with Gasteiger partial charge in [-0.2, -0.15) is 0 Å². The van der Waals surface area contributed by atoms with E-state index < -0.39 is 143 Å². The number of amides is 2. The molecular formula is C52H67FN2O14. The van der Waals surface area contributed by atoms with Crippen molar-refractivity contribution < 1.29 is 72.6 Å². The Morgan fingerprint density at radius 1 is 0.797 bits per heavy atom. The Labute approximate surface area is 401 Å². The number of hydrogen-bond donors (Lipinski definition) is 5. The van der Waals surface area contributed by atoms with E-state index in [1.807, 2.05) is 19.9 Å². The molecule has 5 N–H and O–H groups in total. The minimum absolute atomic E-state index is 0.0125. The van der Waals surface area contributed by atoms with Crippen molar-refractivity contribution >= 4 is 46.9 Å². The smallest absolute Gasteiger partial charge is 0.326 e. The molecule has 8 rings (SSSR count). The summed E-state index contributed by atoms with van der Waals surface area (Å²) in [6.45, 7) is 6.17. The summed E-state index contributed by atoms with van der Waals surface area (Å²) >= 11 is 0. The number of aliphatic hydroxyl groups excluding tert-OH is 2. The summed E-state index contributed by atoms with van der Waals surface area (Å²) in [7, 11) is 1.29. The first-order chi connectivity index (χ1) is 32.2. The highest BCUT2D eigenvalue weighted by Gasteiger charge is 2.76. The van der Waals surface area contributed by atoms with E-state index in [2.05, 4.69) is 5.32 Å². The van der Waals surface area contributed by atoms with Crippen LogP contribution in [0.4, 0.5) is 4.39 Å². The molecule has 69 heavy (non-hydrogen) atoms. The second-order valence-corrected chi connectivity index (χ2v) is 22.5. The molecule has 8 aliphatic carbocycles. The number of likely N-dealkylation sites (N-methyl/N-ethyl adjacent to an activating group) is 1. The minimum atomic E-state index is -2.15. The Bertz CT molecular complexity index is 2380. The lowest BCUT2D eigenvalue weighted by Crippen LogP contribution is -2.69. The highest BCUT2D eigenvalue weighted by Crippen LogP contribution is 2.71. The lowest BCUT2D eigenvalue weighted by Gasteiger charge is -2.62. The topological polar surface area (TPSA) is 251 Å². The van der Waals surface area contributed by atoms with Crippen LogP contribution < -0.4 is 5.32 Å². The Morgan fingerprint density at radius 3 is 2.14 bits per heavy atom. The number of hydrogen-bond acceptors (Lipinski definition) is 14. The van der Waals surface area contributed by atoms with E-state index in [1.165, 1.54) is 25.3 Å². The summed E-state index contributed by atoms with van der Waals surface area (Å²) < 4.78 is 28.0. The first kappa shape index (κ1) is 50.7. The Kier molecular flexibility index (Phi) is 12.9. The van der Waals surface area contributed by atoms with Gasteiger partial charge in [-0.25, -0.2) is 4.39 Å². The Morgan fingerprint density at radius 2 is 1.43 bits per heavy atom. The summed E-state index contributed by atoms with van der Waals surface area (Å²) in [6.07, 6.45) is 8.98. The average molecular weight is 963 g/mol. The molecule has 0 saturated heterocycles. The van der Waals surface area contributed by atoms with Crippen molar-refractivity contribution in [1.29, 1.82) is 0 Å². The maximum absolute atomic E-state index is 17.5. The van der Waals surface area contributed by atoms with Crippen LogP contribution in [-0.2, 0) is 47.8 Å². The molecule has 0 spiro atoms. The number of carbonyl (C=O) groups is 8. The fourth-order valence-corrected chi connectivity index (χ4v) is 15.5. The van der Waals surface area contributed by atoms with E-state index in [1.54, 1.807) is 32.9 Å². The van der Waals surface area contributed by atoms with Gasteiger partial charge >= 0.3 is 11.9 Å². The van der Waals surface area contributed by atoms with Crippen molar-refractivity contribution in [3.63, 3.8) is 0 Å². The molecule has 0 aromatic carbocycles. The van der Waals surface area contributed by atoms with Crippen LogP contribution in [0.2, 0.25) is 0 Å². The van der Waals surface area contributed by atoms with E-state index in [0.29, 0.717) is 37.7 Å². The summed E-state index contributed by atoms with van der Waals surface area (Å²) in [6, 6.07) is 0. The summed E-state index contributed by atoms with van der Waals surface area (Å²) in [5.41, 5.74) is -8.51. The fourth-order valence-electron chi connectivity index (χ4n) is 15.5. The van der Waals surface area contributed by atoms with E-state index in [9.17, 15) is 58.8 Å². The maximum Gasteiger partial charge on any atom is 0.326 e. The van der Waals surface area contributed by atoms with Gasteiger partial charge in [-0.3, -0.25) is 38.4 Å². The fraction of sp³-hybridized carbons (Fsp3) is 0.692. The largest absolute Gasteiger partial charge is 0.458 e. The van der Waals surface area contributed by atoms with Crippen LogP contribution in [0.25, 0.3) is 0 Å². The molecule has 6 saturated carbocycles. The maximum atomic E-state index is 17.5. The lowest BCUT2D eigenvalue weighted by molar-refractivity contribution is -0.220. The number of nitrogens with zero attached hydrogens (tertiary/aromatic N) is 1. The molecular weight excluding hydrogens is 896 g/mol. The van der Waals surface area contributed by atoms with Crippen LogP contribution in [0.3, 0.4) is 0 Å². The van der Waals surface area contributed by atoms with Gasteiger partial charge in [-0.15, -0.1) is 0 Å². The van der Waals surface area contributed by atoms with Crippen LogP contribution >= 0.6 is 0 Å². The molecule has 0 aromatic rings. The molecule has 2 amide bonds. The number of fused-ring (bicyclic) bond motifs is 10. The van der Waals surface area contributed by atoms with Crippen molar-refractivity contribution in [3.8, 4) is 0 Å². The third-order valence-corrected chi connectivity index (χ3v) is 19.3. The standard InChI is InChI=1S/C52H67FN2O14/c1-28-19-36-35-10-8-30-21-32(57)14-17-47(30,3)51(35,53)38(59)23-49(36,5)52(28,67)40(61)27-68-43(64)12-11-41(62)54-24-42(63)55(6)25-44(65)69-26-39(60)50(66)18-15-34-33-9-7-29-20-31(56)13-16-46(29,2)45(33)37(58)22-48(34,50)4/h13-14,16-17,20-21,28,33-38,45,58-59,66-67H,7-12,15,18-19,22-27H2,1-6H3,(H,54,62)/t28-,33?,34?,35?,36?,37+,38+,45?,46+,47+,48+,49+,50+,51+,52+/m1/s1. The predicted octanol–water partition coefficient (Wildman–Crippen LogP) is 2.92. The van der Waals surface area contributed by atoms with E-state index in [4.69, 9.17) is 9.47 Å². The number of alkyl halides is 1. The number of halogens is 1. The molecule has 376 valence electrons. The molecule has 0 heterocycles. The summed E-state index contributed by atoms with van der Waals surface area (Å²) in [4.78, 5) is 104. The lowest BCUT2D eigenvalue weighted by atomic mass is 9.44. The molecule has 0 radical (unpaired) electrons. The third-order valence-electron chi connectivity index (χ3n) is 19.3. The monoisotopic (exact) mass is 962 g/mol. The van der Waals surface area contributed by atoms with Crippen molar-refractivity contribution in [1.82, 2.24) is 10.2 Å². The van der Waals surface area contributed by atoms with Gasteiger partial charge in [0, 0.05) is 47.0 Å². The van der Waals surface area contributed by atoms with Crippen LogP contribution in [0.1, 0.15) is 105 Å². The van der Waals surface area contributed by atoms with Crippen molar-refractivity contribution in [3.05, 3.63) is 47.6 Å². The van der Waals surface area contributed by atoms with Gasteiger partial charge in [0.25, 0.3) is 0 Å².